The molecule has 0 aliphatic carbocycles. The van der Waals surface area contributed by atoms with Crippen molar-refractivity contribution >= 4 is 49.5 Å². The zero-order valence-corrected chi connectivity index (χ0v) is 20.2. The van der Waals surface area contributed by atoms with Crippen LogP contribution in [0.3, 0.4) is 0 Å². The molecule has 5 aromatic rings. The Kier molecular flexibility index (Phi) is 3.83. The van der Waals surface area contributed by atoms with E-state index in [1.807, 2.05) is 31.3 Å². The first kappa shape index (κ1) is 20.7. The number of fused-ring (bicyclic) bond motifs is 13. The van der Waals surface area contributed by atoms with Crippen LogP contribution < -0.4 is 10.6 Å². The van der Waals surface area contributed by atoms with Crippen molar-refractivity contribution in [2.75, 3.05) is 14.2 Å². The van der Waals surface area contributed by atoms with Crippen LogP contribution in [0.25, 0.3) is 43.6 Å². The first-order valence-electron chi connectivity index (χ1n) is 12.4. The predicted molar refractivity (Wildman–Crippen MR) is 137 cm³/mol. The van der Waals surface area contributed by atoms with Gasteiger partial charge < -0.3 is 34.3 Å². The number of methoxy groups -OCH3 is 1. The summed E-state index contributed by atoms with van der Waals surface area (Å²) in [5.74, 6) is -0.249. The number of nitrogens with zero attached hydrogens (tertiary/aromatic N) is 2. The van der Waals surface area contributed by atoms with E-state index >= 15 is 0 Å². The standard InChI is InChI=1S/C28H26N4O4/c1-28-25(35-3)15(29-2)12-18(36-28)31-16-10-6-4-8-13(16)19-21-22(27(34)30-26(21)33)20-14-9-5-7-11-17(14)32(28)24(20)23(19)31/h4-11,15,18,25,27,29,34H,12H2,1-3H3,(H,30,33)/t15?,18-,25?,27?,28+/m1/s1. The highest BCUT2D eigenvalue weighted by Gasteiger charge is 2.53. The van der Waals surface area contributed by atoms with Gasteiger partial charge in [-0.05, 0) is 26.1 Å². The van der Waals surface area contributed by atoms with Gasteiger partial charge in [0.25, 0.3) is 5.91 Å². The number of aliphatic hydroxyl groups is 1. The van der Waals surface area contributed by atoms with Gasteiger partial charge in [-0.3, -0.25) is 4.79 Å². The molecule has 0 saturated carbocycles. The van der Waals surface area contributed by atoms with E-state index in [4.69, 9.17) is 9.47 Å². The quantitative estimate of drug-likeness (QED) is 0.356. The van der Waals surface area contributed by atoms with Gasteiger partial charge in [0, 0.05) is 46.7 Å². The zero-order valence-electron chi connectivity index (χ0n) is 20.2. The highest BCUT2D eigenvalue weighted by Crippen LogP contribution is 2.54. The van der Waals surface area contributed by atoms with E-state index in [0.29, 0.717) is 17.5 Å². The molecule has 36 heavy (non-hydrogen) atoms. The zero-order chi connectivity index (χ0) is 24.5. The first-order valence-corrected chi connectivity index (χ1v) is 12.4. The highest BCUT2D eigenvalue weighted by atomic mass is 16.6. The summed E-state index contributed by atoms with van der Waals surface area (Å²) in [4.78, 5) is 13.4. The van der Waals surface area contributed by atoms with Crippen LogP contribution in [0.15, 0.2) is 48.5 Å². The van der Waals surface area contributed by atoms with Crippen LogP contribution in [0.1, 0.15) is 41.7 Å². The van der Waals surface area contributed by atoms with E-state index in [9.17, 15) is 9.90 Å². The summed E-state index contributed by atoms with van der Waals surface area (Å²) in [6.07, 6.45) is -0.941. The Morgan fingerprint density at radius 3 is 2.50 bits per heavy atom. The Morgan fingerprint density at radius 1 is 1.08 bits per heavy atom. The molecule has 3 aliphatic rings. The molecule has 8 nitrogen and oxygen atoms in total. The second kappa shape index (κ2) is 6.66. The maximum absolute atomic E-state index is 13.4. The fourth-order valence-corrected chi connectivity index (χ4v) is 7.38. The third-order valence-electron chi connectivity index (χ3n) is 8.65. The summed E-state index contributed by atoms with van der Waals surface area (Å²) < 4.78 is 17.7. The number of aliphatic hydroxyl groups excluding tert-OH is 1. The number of likely N-dealkylation sites (N-methyl/N-ethyl adjacent to an activating group) is 1. The molecular weight excluding hydrogens is 456 g/mol. The molecule has 3 aliphatic heterocycles. The monoisotopic (exact) mass is 482 g/mol. The number of hydrogen-bond acceptors (Lipinski definition) is 5. The van der Waals surface area contributed by atoms with Gasteiger partial charge in [-0.25, -0.2) is 0 Å². The molecule has 2 bridgehead atoms. The highest BCUT2D eigenvalue weighted by molar-refractivity contribution is 6.31. The van der Waals surface area contributed by atoms with Crippen molar-refractivity contribution in [2.45, 2.75) is 43.7 Å². The maximum Gasteiger partial charge on any atom is 0.254 e. The molecule has 182 valence electrons. The van der Waals surface area contributed by atoms with Crippen molar-refractivity contribution in [1.29, 1.82) is 0 Å². The van der Waals surface area contributed by atoms with Gasteiger partial charge in [-0.1, -0.05) is 36.4 Å². The van der Waals surface area contributed by atoms with Gasteiger partial charge in [-0.15, -0.1) is 0 Å². The maximum atomic E-state index is 13.4. The number of carbonyl (C=O) groups excluding carboxylic acids is 1. The average molecular weight is 483 g/mol. The van der Waals surface area contributed by atoms with E-state index in [-0.39, 0.29) is 24.3 Å². The molecule has 1 fully saturated rings. The Hall–Kier alpha value is -3.43. The van der Waals surface area contributed by atoms with E-state index in [1.54, 1.807) is 7.11 Å². The lowest BCUT2D eigenvalue weighted by Gasteiger charge is -2.48. The van der Waals surface area contributed by atoms with Crippen molar-refractivity contribution < 1.29 is 19.4 Å². The lowest BCUT2D eigenvalue weighted by atomic mass is 9.93. The number of ether oxygens (including phenoxy) is 2. The summed E-state index contributed by atoms with van der Waals surface area (Å²) in [6, 6.07) is 16.4. The minimum atomic E-state index is -1.09. The van der Waals surface area contributed by atoms with Gasteiger partial charge in [0.05, 0.1) is 27.6 Å². The molecule has 3 unspecified atom stereocenters. The number of aromatic nitrogens is 2. The smallest absolute Gasteiger partial charge is 0.254 e. The average Bonchev–Trinajstić information content (AvgIpc) is 3.48. The molecule has 5 heterocycles. The minimum Gasteiger partial charge on any atom is -0.375 e. The molecule has 1 saturated heterocycles. The lowest BCUT2D eigenvalue weighted by Crippen LogP contribution is -2.59. The molecule has 0 spiro atoms. The first-order chi connectivity index (χ1) is 17.5. The van der Waals surface area contributed by atoms with Gasteiger partial charge in [-0.2, -0.15) is 0 Å². The largest absolute Gasteiger partial charge is 0.375 e. The van der Waals surface area contributed by atoms with Crippen LogP contribution in [0.4, 0.5) is 0 Å². The van der Waals surface area contributed by atoms with E-state index in [2.05, 4.69) is 51.0 Å². The van der Waals surface area contributed by atoms with E-state index < -0.39 is 12.0 Å². The van der Waals surface area contributed by atoms with Crippen molar-refractivity contribution in [1.82, 2.24) is 19.8 Å². The van der Waals surface area contributed by atoms with E-state index in [1.165, 1.54) is 0 Å². The van der Waals surface area contributed by atoms with Crippen molar-refractivity contribution in [3.05, 3.63) is 59.7 Å². The van der Waals surface area contributed by atoms with Gasteiger partial charge in [0.1, 0.15) is 12.3 Å². The Labute approximate surface area is 206 Å². The summed E-state index contributed by atoms with van der Waals surface area (Å²) in [5, 5.41) is 21.1. The van der Waals surface area contributed by atoms with Crippen LogP contribution in [-0.4, -0.2) is 46.5 Å². The predicted octanol–water partition coefficient (Wildman–Crippen LogP) is 3.84. The Balaban J connectivity index is 1.73. The van der Waals surface area contributed by atoms with Crippen LogP contribution >= 0.6 is 0 Å². The van der Waals surface area contributed by atoms with Crippen LogP contribution in [0.2, 0.25) is 0 Å². The fraction of sp³-hybridized carbons (Fsp3) is 0.321. The summed E-state index contributed by atoms with van der Waals surface area (Å²) in [5.41, 5.74) is 4.25. The number of hydrogen-bond donors (Lipinski definition) is 3. The van der Waals surface area contributed by atoms with Crippen LogP contribution in [0.5, 0.6) is 0 Å². The Bertz CT molecular complexity index is 1790. The molecule has 2 aromatic heterocycles. The third-order valence-corrected chi connectivity index (χ3v) is 8.65. The number of amides is 1. The molecule has 3 N–H and O–H groups in total. The van der Waals surface area contributed by atoms with Gasteiger partial charge >= 0.3 is 0 Å². The van der Waals surface area contributed by atoms with E-state index in [0.717, 1.165) is 43.6 Å². The topological polar surface area (TPSA) is 89.7 Å². The number of nitrogens with one attached hydrogen (secondary N) is 2. The lowest BCUT2D eigenvalue weighted by molar-refractivity contribution is -0.256. The molecule has 8 heteroatoms. The number of carbonyl (C=O) groups is 1. The molecule has 1 amide bonds. The van der Waals surface area contributed by atoms with Crippen LogP contribution in [0, 0.1) is 0 Å². The van der Waals surface area contributed by atoms with Crippen molar-refractivity contribution in [3.8, 4) is 0 Å². The second-order valence-electron chi connectivity index (χ2n) is 10.3. The second-order valence-corrected chi connectivity index (χ2v) is 10.3. The van der Waals surface area contributed by atoms with Crippen LogP contribution in [-0.2, 0) is 15.2 Å². The van der Waals surface area contributed by atoms with Gasteiger partial charge in [0.2, 0.25) is 0 Å². The number of para-hydroxylation sites is 2. The molecule has 5 atom stereocenters. The number of benzene rings is 3. The summed E-state index contributed by atoms with van der Waals surface area (Å²) in [7, 11) is 3.70. The molecule has 0 radical (unpaired) electrons. The molecular formula is C28H26N4O4. The summed E-state index contributed by atoms with van der Waals surface area (Å²) in [6.45, 7) is 2.09. The molecule has 8 rings (SSSR count). The SMILES string of the molecule is CNC1C[C@H]2O[C@@](C)(C1OC)n1c3ccccc3c3c4c(c5c6ccccc6n2c5c31)C(=O)NC4O. The Morgan fingerprint density at radius 2 is 1.78 bits per heavy atom. The molecule has 3 aromatic carbocycles. The number of rotatable bonds is 2. The van der Waals surface area contributed by atoms with Crippen molar-refractivity contribution in [3.63, 3.8) is 0 Å². The third kappa shape index (κ3) is 2.15. The summed E-state index contributed by atoms with van der Waals surface area (Å²) >= 11 is 0. The van der Waals surface area contributed by atoms with Crippen molar-refractivity contribution in [2.24, 2.45) is 0 Å². The van der Waals surface area contributed by atoms with Gasteiger partial charge in [0.15, 0.2) is 12.0 Å². The normalized spacial score (nSPS) is 28.9. The minimum absolute atomic E-state index is 0.0289. The fourth-order valence-electron chi connectivity index (χ4n) is 7.38.